The van der Waals surface area contributed by atoms with E-state index < -0.39 is 11.2 Å². The highest BCUT2D eigenvalue weighted by Crippen LogP contribution is 2.27. The van der Waals surface area contributed by atoms with Crippen molar-refractivity contribution in [3.05, 3.63) is 0 Å². The number of hydrogen-bond acceptors (Lipinski definition) is 4. The van der Waals surface area contributed by atoms with Gasteiger partial charge in [0, 0.05) is 13.1 Å². The smallest absolute Gasteiger partial charge is 0.410 e. The number of hydrogen-bond donors (Lipinski definition) is 2. The van der Waals surface area contributed by atoms with E-state index in [2.05, 4.69) is 0 Å². The van der Waals surface area contributed by atoms with Gasteiger partial charge in [-0.25, -0.2) is 4.79 Å². The Labute approximate surface area is 109 Å². The molecule has 3 N–H and O–H groups in total. The fourth-order valence-electron chi connectivity index (χ4n) is 2.25. The molecule has 0 radical (unpaired) electrons. The Bertz CT molecular complexity index is 297. The number of likely N-dealkylation sites (tertiary alicyclic amines) is 1. The third-order valence-electron chi connectivity index (χ3n) is 3.26. The normalized spacial score (nSPS) is 24.6. The number of carbonyl (C=O) groups is 1. The summed E-state index contributed by atoms with van der Waals surface area (Å²) in [6, 6.07) is -0.258. The van der Waals surface area contributed by atoms with Crippen molar-refractivity contribution >= 4 is 6.09 Å². The number of carbonyl (C=O) groups excluding carboxylic acids is 1. The maximum Gasteiger partial charge on any atom is 0.410 e. The molecule has 0 aromatic carbocycles. The summed E-state index contributed by atoms with van der Waals surface area (Å²) >= 11 is 0. The van der Waals surface area contributed by atoms with Crippen LogP contribution in [0.5, 0.6) is 0 Å². The predicted octanol–water partition coefficient (Wildman–Crippen LogP) is 1.49. The average Bonchev–Trinajstić information content (AvgIpc) is 2.27. The van der Waals surface area contributed by atoms with E-state index in [1.165, 1.54) is 0 Å². The Morgan fingerprint density at radius 1 is 1.39 bits per heavy atom. The summed E-state index contributed by atoms with van der Waals surface area (Å²) in [5, 5.41) is 10.3. The van der Waals surface area contributed by atoms with E-state index in [0.29, 0.717) is 6.54 Å². The minimum Gasteiger partial charge on any atom is -0.444 e. The molecule has 0 spiro atoms. The Morgan fingerprint density at radius 2 is 2.00 bits per heavy atom. The van der Waals surface area contributed by atoms with Crippen molar-refractivity contribution in [2.75, 3.05) is 13.1 Å². The van der Waals surface area contributed by atoms with Crippen LogP contribution in [0.4, 0.5) is 4.79 Å². The number of amides is 1. The lowest BCUT2D eigenvalue weighted by atomic mass is 9.88. The van der Waals surface area contributed by atoms with Crippen LogP contribution in [0.3, 0.4) is 0 Å². The van der Waals surface area contributed by atoms with E-state index in [1.54, 1.807) is 11.8 Å². The molecule has 18 heavy (non-hydrogen) atoms. The molecule has 5 nitrogen and oxygen atoms in total. The average molecular weight is 258 g/mol. The molecular formula is C13H26N2O3. The zero-order chi connectivity index (χ0) is 14.0. The lowest BCUT2D eigenvalue weighted by Gasteiger charge is -2.43. The van der Waals surface area contributed by atoms with Crippen molar-refractivity contribution in [1.82, 2.24) is 4.90 Å². The first kappa shape index (κ1) is 15.2. The molecule has 1 aliphatic heterocycles. The van der Waals surface area contributed by atoms with Crippen LogP contribution in [0.1, 0.15) is 47.0 Å². The minimum absolute atomic E-state index is 0.136. The SMILES string of the molecule is CC(C)(C)OC(=O)N1CCCC[C@H]1[C@](C)(O)CN. The topological polar surface area (TPSA) is 75.8 Å². The van der Waals surface area contributed by atoms with E-state index in [9.17, 15) is 9.90 Å². The number of aliphatic hydroxyl groups is 1. The zero-order valence-corrected chi connectivity index (χ0v) is 11.9. The minimum atomic E-state index is -1.06. The molecule has 0 saturated carbocycles. The largest absolute Gasteiger partial charge is 0.444 e. The summed E-state index contributed by atoms with van der Waals surface area (Å²) in [5.74, 6) is 0. The van der Waals surface area contributed by atoms with E-state index in [4.69, 9.17) is 10.5 Å². The van der Waals surface area contributed by atoms with E-state index in [-0.39, 0.29) is 18.7 Å². The van der Waals surface area contributed by atoms with Gasteiger partial charge in [0.25, 0.3) is 0 Å². The first-order valence-electron chi connectivity index (χ1n) is 6.59. The summed E-state index contributed by atoms with van der Waals surface area (Å²) < 4.78 is 5.38. The van der Waals surface area contributed by atoms with Crippen molar-refractivity contribution in [1.29, 1.82) is 0 Å². The third-order valence-corrected chi connectivity index (χ3v) is 3.26. The molecular weight excluding hydrogens is 232 g/mol. The summed E-state index contributed by atoms with van der Waals surface area (Å²) in [4.78, 5) is 13.8. The number of ether oxygens (including phenoxy) is 1. The first-order valence-corrected chi connectivity index (χ1v) is 6.59. The number of piperidine rings is 1. The lowest BCUT2D eigenvalue weighted by Crippen LogP contribution is -2.59. The summed E-state index contributed by atoms with van der Waals surface area (Å²) in [7, 11) is 0. The molecule has 1 fully saturated rings. The Balaban J connectivity index is 2.80. The summed E-state index contributed by atoms with van der Waals surface area (Å²) in [6.45, 7) is 7.95. The number of rotatable bonds is 2. The van der Waals surface area contributed by atoms with Gasteiger partial charge in [-0.15, -0.1) is 0 Å². The second-order valence-electron chi connectivity index (χ2n) is 6.25. The van der Waals surface area contributed by atoms with E-state index >= 15 is 0 Å². The highest BCUT2D eigenvalue weighted by atomic mass is 16.6. The van der Waals surface area contributed by atoms with Gasteiger partial charge < -0.3 is 20.5 Å². The van der Waals surface area contributed by atoms with Gasteiger partial charge in [-0.2, -0.15) is 0 Å². The first-order chi connectivity index (χ1) is 8.17. The van der Waals surface area contributed by atoms with Crippen LogP contribution >= 0.6 is 0 Å². The van der Waals surface area contributed by atoms with Crippen LogP contribution in [0.2, 0.25) is 0 Å². The standard InChI is InChI=1S/C13H26N2O3/c1-12(2,3)18-11(16)15-8-6-5-7-10(15)13(4,17)9-14/h10,17H,5-9,14H2,1-4H3/t10-,13+/m0/s1. The predicted molar refractivity (Wildman–Crippen MR) is 70.3 cm³/mol. The quantitative estimate of drug-likeness (QED) is 0.786. The molecule has 0 bridgehead atoms. The molecule has 5 heteroatoms. The molecule has 0 unspecified atom stereocenters. The van der Waals surface area contributed by atoms with Crippen molar-refractivity contribution in [2.45, 2.75) is 64.2 Å². The van der Waals surface area contributed by atoms with Crippen molar-refractivity contribution in [2.24, 2.45) is 5.73 Å². The molecule has 0 aromatic rings. The molecule has 106 valence electrons. The van der Waals surface area contributed by atoms with Crippen LogP contribution in [0.15, 0.2) is 0 Å². The zero-order valence-electron chi connectivity index (χ0n) is 11.9. The van der Waals surface area contributed by atoms with Crippen LogP contribution in [0, 0.1) is 0 Å². The van der Waals surface area contributed by atoms with Crippen molar-refractivity contribution < 1.29 is 14.6 Å². The van der Waals surface area contributed by atoms with Gasteiger partial charge in [-0.1, -0.05) is 0 Å². The third kappa shape index (κ3) is 3.85. The monoisotopic (exact) mass is 258 g/mol. The van der Waals surface area contributed by atoms with E-state index in [1.807, 2.05) is 20.8 Å². The lowest BCUT2D eigenvalue weighted by molar-refractivity contribution is -0.0540. The van der Waals surface area contributed by atoms with Gasteiger partial charge in [0.15, 0.2) is 0 Å². The van der Waals surface area contributed by atoms with Gasteiger partial charge in [0.2, 0.25) is 0 Å². The number of nitrogens with zero attached hydrogens (tertiary/aromatic N) is 1. The van der Waals surface area contributed by atoms with Crippen LogP contribution in [-0.2, 0) is 4.74 Å². The van der Waals surface area contributed by atoms with Gasteiger partial charge in [-0.3, -0.25) is 0 Å². The fourth-order valence-corrected chi connectivity index (χ4v) is 2.25. The maximum absolute atomic E-state index is 12.1. The van der Waals surface area contributed by atoms with Crippen LogP contribution in [0.25, 0.3) is 0 Å². The Kier molecular flexibility index (Phi) is 4.61. The Morgan fingerprint density at radius 3 is 2.50 bits per heavy atom. The highest BCUT2D eigenvalue weighted by molar-refractivity contribution is 5.69. The van der Waals surface area contributed by atoms with Crippen LogP contribution in [-0.4, -0.2) is 46.4 Å². The molecule has 1 rings (SSSR count). The fraction of sp³-hybridized carbons (Fsp3) is 0.923. The molecule has 2 atom stereocenters. The maximum atomic E-state index is 12.1. The summed E-state index contributed by atoms with van der Waals surface area (Å²) in [5.41, 5.74) is 4.02. The Hall–Kier alpha value is -0.810. The second kappa shape index (κ2) is 5.45. The van der Waals surface area contributed by atoms with Gasteiger partial charge in [-0.05, 0) is 47.0 Å². The van der Waals surface area contributed by atoms with Gasteiger partial charge >= 0.3 is 6.09 Å². The van der Waals surface area contributed by atoms with Crippen molar-refractivity contribution in [3.8, 4) is 0 Å². The molecule has 1 amide bonds. The second-order valence-corrected chi connectivity index (χ2v) is 6.25. The van der Waals surface area contributed by atoms with Crippen LogP contribution < -0.4 is 5.73 Å². The molecule has 1 heterocycles. The molecule has 1 aliphatic rings. The van der Waals surface area contributed by atoms with Crippen molar-refractivity contribution in [3.63, 3.8) is 0 Å². The number of nitrogens with two attached hydrogens (primary N) is 1. The van der Waals surface area contributed by atoms with Gasteiger partial charge in [0.05, 0.1) is 11.6 Å². The van der Waals surface area contributed by atoms with E-state index in [0.717, 1.165) is 19.3 Å². The molecule has 0 aliphatic carbocycles. The molecule has 1 saturated heterocycles. The van der Waals surface area contributed by atoms with Gasteiger partial charge in [0.1, 0.15) is 5.60 Å². The molecule has 0 aromatic heterocycles. The summed E-state index contributed by atoms with van der Waals surface area (Å²) in [6.07, 6.45) is 2.35. The highest BCUT2D eigenvalue weighted by Gasteiger charge is 2.40.